The molecule has 2 N–H and O–H groups in total. The van der Waals surface area contributed by atoms with Gasteiger partial charge in [0.05, 0.1) is 17.9 Å². The second-order valence-corrected chi connectivity index (χ2v) is 11.7. The van der Waals surface area contributed by atoms with E-state index in [9.17, 15) is 21.6 Å². The van der Waals surface area contributed by atoms with Gasteiger partial charge in [-0.05, 0) is 32.8 Å². The highest BCUT2D eigenvalue weighted by molar-refractivity contribution is 7.89. The van der Waals surface area contributed by atoms with Crippen molar-refractivity contribution in [1.29, 1.82) is 0 Å². The van der Waals surface area contributed by atoms with Crippen LogP contribution in [0.15, 0.2) is 23.4 Å². The number of hydrogen-bond acceptors (Lipinski definition) is 8. The molecule has 0 amide bonds. The van der Waals surface area contributed by atoms with Crippen molar-refractivity contribution in [2.45, 2.75) is 55.6 Å². The summed E-state index contributed by atoms with van der Waals surface area (Å²) in [5, 5.41) is 10.3. The summed E-state index contributed by atoms with van der Waals surface area (Å²) in [6.07, 6.45) is 1.59. The van der Waals surface area contributed by atoms with Crippen LogP contribution in [0.4, 0.5) is 18.9 Å². The van der Waals surface area contributed by atoms with Gasteiger partial charge in [-0.2, -0.15) is 0 Å². The summed E-state index contributed by atoms with van der Waals surface area (Å²) in [5.41, 5.74) is 0.798. The zero-order valence-corrected chi connectivity index (χ0v) is 20.1. The molecule has 1 aliphatic carbocycles. The zero-order chi connectivity index (χ0) is 24.3. The van der Waals surface area contributed by atoms with Gasteiger partial charge >= 0.3 is 0 Å². The maximum atomic E-state index is 13.6. The fourth-order valence-electron chi connectivity index (χ4n) is 4.15. The molecular weight excluding hydrogens is 491 g/mol. The predicted octanol–water partition coefficient (Wildman–Crippen LogP) is 2.76. The van der Waals surface area contributed by atoms with E-state index in [1.807, 2.05) is 18.7 Å². The van der Waals surface area contributed by atoms with Crippen molar-refractivity contribution in [3.63, 3.8) is 0 Å². The van der Waals surface area contributed by atoms with Gasteiger partial charge in [0, 0.05) is 30.9 Å². The normalized spacial score (nSPS) is 22.6. The van der Waals surface area contributed by atoms with Crippen LogP contribution in [-0.2, 0) is 10.0 Å². The minimum atomic E-state index is -3.90. The lowest BCUT2D eigenvalue weighted by molar-refractivity contribution is 0.150. The Morgan fingerprint density at radius 2 is 2.12 bits per heavy atom. The smallest absolute Gasteiger partial charge is 0.291 e. The average Bonchev–Trinajstić information content (AvgIpc) is 3.19. The van der Waals surface area contributed by atoms with Gasteiger partial charge in [0.1, 0.15) is 17.3 Å². The Labute approximate surface area is 198 Å². The summed E-state index contributed by atoms with van der Waals surface area (Å²) in [6.45, 7) is 4.15. The predicted molar refractivity (Wildman–Crippen MR) is 122 cm³/mol. The Morgan fingerprint density at radius 3 is 2.76 bits per heavy atom. The third kappa shape index (κ3) is 4.16. The molecular formula is C20H24F3N7O2S2. The van der Waals surface area contributed by atoms with Gasteiger partial charge < -0.3 is 10.2 Å². The van der Waals surface area contributed by atoms with Crippen LogP contribution in [0.5, 0.6) is 0 Å². The number of anilines is 1. The first kappa shape index (κ1) is 23.5. The highest BCUT2D eigenvalue weighted by Crippen LogP contribution is 2.38. The molecule has 3 aromatic rings. The maximum Gasteiger partial charge on any atom is 0.291 e. The van der Waals surface area contributed by atoms with Crippen LogP contribution in [0.1, 0.15) is 38.1 Å². The van der Waals surface area contributed by atoms with Crippen LogP contribution in [0.3, 0.4) is 0 Å². The lowest BCUT2D eigenvalue weighted by atomic mass is 10.1. The first-order valence-electron chi connectivity index (χ1n) is 10.8. The van der Waals surface area contributed by atoms with Gasteiger partial charge in [-0.1, -0.05) is 11.3 Å². The summed E-state index contributed by atoms with van der Waals surface area (Å²) >= 11 is 0.722. The van der Waals surface area contributed by atoms with Gasteiger partial charge in [0.2, 0.25) is 10.0 Å². The van der Waals surface area contributed by atoms with E-state index < -0.39 is 39.7 Å². The number of halogens is 3. The van der Waals surface area contributed by atoms with Crippen molar-refractivity contribution in [3.05, 3.63) is 23.5 Å². The minimum Gasteiger partial charge on any atom is -0.363 e. The maximum absolute atomic E-state index is 13.6. The first-order valence-corrected chi connectivity index (χ1v) is 13.1. The molecule has 1 saturated carbocycles. The largest absolute Gasteiger partial charge is 0.363 e. The highest BCUT2D eigenvalue weighted by atomic mass is 32.2. The molecule has 3 aromatic heterocycles. The number of hydrogen-bond donors (Lipinski definition) is 2. The number of sulfonamides is 1. The van der Waals surface area contributed by atoms with E-state index >= 15 is 0 Å². The number of fused-ring (bicyclic) bond motifs is 1. The molecule has 0 aromatic carbocycles. The molecule has 0 spiro atoms. The van der Waals surface area contributed by atoms with Crippen molar-refractivity contribution < 1.29 is 21.6 Å². The SMILES string of the molecule is C[C@H]1[C@H](CF)NCCN1c1cc(S(=O)(=O)NC2(C)CC2)cn2c(-c3nnc(C(F)F)s3)cnc12. The third-order valence-corrected chi connectivity index (χ3v) is 8.97. The molecule has 0 radical (unpaired) electrons. The second kappa shape index (κ2) is 8.43. The van der Waals surface area contributed by atoms with Crippen molar-refractivity contribution in [2.24, 2.45) is 0 Å². The van der Waals surface area contributed by atoms with E-state index in [4.69, 9.17) is 0 Å². The molecule has 184 valence electrons. The number of pyridine rings is 1. The molecule has 0 bridgehead atoms. The van der Waals surface area contributed by atoms with Crippen LogP contribution in [0, 0.1) is 0 Å². The molecule has 2 atom stereocenters. The quantitative estimate of drug-likeness (QED) is 0.499. The molecule has 1 saturated heterocycles. The molecule has 0 unspecified atom stereocenters. The summed E-state index contributed by atoms with van der Waals surface area (Å²) in [6, 6.07) is 0.840. The molecule has 9 nitrogen and oxygen atoms in total. The van der Waals surface area contributed by atoms with E-state index in [2.05, 4.69) is 25.2 Å². The van der Waals surface area contributed by atoms with Crippen molar-refractivity contribution in [1.82, 2.24) is 29.6 Å². The van der Waals surface area contributed by atoms with Crippen molar-refractivity contribution in [3.8, 4) is 10.7 Å². The molecule has 34 heavy (non-hydrogen) atoms. The number of nitrogens with zero attached hydrogens (tertiary/aromatic N) is 5. The van der Waals surface area contributed by atoms with Crippen molar-refractivity contribution in [2.75, 3.05) is 24.7 Å². The zero-order valence-electron chi connectivity index (χ0n) is 18.5. The van der Waals surface area contributed by atoms with E-state index in [-0.39, 0.29) is 15.9 Å². The molecule has 2 fully saturated rings. The Kier molecular flexibility index (Phi) is 5.81. The minimum absolute atomic E-state index is 0.00324. The molecule has 14 heteroatoms. The van der Waals surface area contributed by atoms with Gasteiger partial charge in [-0.3, -0.25) is 4.40 Å². The summed E-state index contributed by atoms with van der Waals surface area (Å²) in [7, 11) is -3.90. The molecule has 1 aliphatic heterocycles. The number of nitrogens with one attached hydrogen (secondary N) is 2. The topological polar surface area (TPSA) is 105 Å². The first-order chi connectivity index (χ1) is 16.1. The van der Waals surface area contributed by atoms with E-state index in [1.165, 1.54) is 16.8 Å². The van der Waals surface area contributed by atoms with Gasteiger partial charge in [-0.15, -0.1) is 10.2 Å². The van der Waals surface area contributed by atoms with Crippen LogP contribution in [0.25, 0.3) is 16.3 Å². The second-order valence-electron chi connectivity index (χ2n) is 8.96. The van der Waals surface area contributed by atoms with Crippen LogP contribution in [-0.4, -0.2) is 65.4 Å². The lowest BCUT2D eigenvalue weighted by Crippen LogP contribution is -2.58. The standard InChI is InChI=1S/C20H24F3N7O2S2/c1-11-13(8-21)24-5-6-29(11)14-7-12(34(31,32)28-20(2)3-4-20)10-30-15(9-25-17(14)30)18-26-27-19(33-18)16(22)23/h7,9-11,13,16,24,28H,3-6,8H2,1-2H3/t11-,13-/m0/s1. The number of piperazine rings is 1. The van der Waals surface area contributed by atoms with Gasteiger partial charge in [0.25, 0.3) is 6.43 Å². The Bertz CT molecular complexity index is 1320. The van der Waals surface area contributed by atoms with Crippen LogP contribution < -0.4 is 14.9 Å². The highest BCUT2D eigenvalue weighted by Gasteiger charge is 2.42. The Hall–Kier alpha value is -2.29. The number of aromatic nitrogens is 4. The summed E-state index contributed by atoms with van der Waals surface area (Å²) < 4.78 is 70.6. The van der Waals surface area contributed by atoms with E-state index in [0.29, 0.717) is 30.1 Å². The lowest BCUT2D eigenvalue weighted by Gasteiger charge is -2.40. The Balaban J connectivity index is 1.67. The monoisotopic (exact) mass is 515 g/mol. The fraction of sp³-hybridized carbons (Fsp3) is 0.550. The number of imidazole rings is 1. The van der Waals surface area contributed by atoms with Crippen molar-refractivity contribution >= 4 is 32.7 Å². The summed E-state index contributed by atoms with van der Waals surface area (Å²) in [4.78, 5) is 6.39. The van der Waals surface area contributed by atoms with E-state index in [1.54, 1.807) is 6.07 Å². The third-order valence-electron chi connectivity index (χ3n) is 6.41. The number of alkyl halides is 3. The average molecular weight is 516 g/mol. The van der Waals surface area contributed by atoms with Crippen LogP contribution >= 0.6 is 11.3 Å². The van der Waals surface area contributed by atoms with Gasteiger partial charge in [0.15, 0.2) is 15.7 Å². The van der Waals surface area contributed by atoms with Crippen LogP contribution in [0.2, 0.25) is 0 Å². The Morgan fingerprint density at radius 1 is 1.35 bits per heavy atom. The molecule has 4 heterocycles. The number of rotatable bonds is 7. The fourth-order valence-corrected chi connectivity index (χ4v) is 6.33. The van der Waals surface area contributed by atoms with Gasteiger partial charge in [-0.25, -0.2) is 31.3 Å². The molecule has 2 aliphatic rings. The molecule has 5 rings (SSSR count). The van der Waals surface area contributed by atoms with E-state index in [0.717, 1.165) is 24.2 Å². The summed E-state index contributed by atoms with van der Waals surface area (Å²) in [5.74, 6) is 0.